The maximum Gasteiger partial charge on any atom is 0.109 e. The Labute approximate surface area is 151 Å². The molecule has 0 aliphatic carbocycles. The lowest BCUT2D eigenvalue weighted by Gasteiger charge is -2.35. The predicted octanol–water partition coefficient (Wildman–Crippen LogP) is 4.81. The van der Waals surface area contributed by atoms with Crippen molar-refractivity contribution in [3.63, 3.8) is 0 Å². The molecule has 3 unspecified atom stereocenters. The van der Waals surface area contributed by atoms with Gasteiger partial charge in [0.2, 0.25) is 0 Å². The van der Waals surface area contributed by atoms with Crippen molar-refractivity contribution in [2.45, 2.75) is 37.8 Å². The summed E-state index contributed by atoms with van der Waals surface area (Å²) in [5.74, 6) is 1.38. The minimum atomic E-state index is 0.234. The van der Waals surface area contributed by atoms with Gasteiger partial charge in [0.1, 0.15) is 11.5 Å². The average Bonchev–Trinajstić information content (AvgIpc) is 3.04. The monoisotopic (exact) mass is 360 g/mol. The van der Waals surface area contributed by atoms with E-state index in [1.807, 2.05) is 30.5 Å². The van der Waals surface area contributed by atoms with Crippen LogP contribution in [0, 0.1) is 0 Å². The molecule has 6 heteroatoms. The van der Waals surface area contributed by atoms with E-state index < -0.39 is 0 Å². The highest BCUT2D eigenvalue weighted by Crippen LogP contribution is 2.37. The van der Waals surface area contributed by atoms with Gasteiger partial charge in [-0.3, -0.25) is 4.98 Å². The van der Waals surface area contributed by atoms with E-state index in [1.165, 1.54) is 0 Å². The topological polar surface area (TPSA) is 53.6 Å². The Morgan fingerprint density at radius 1 is 1.08 bits per heavy atom. The molecule has 3 atom stereocenters. The number of aromatic amines is 1. The number of piperidine rings is 1. The van der Waals surface area contributed by atoms with Crippen molar-refractivity contribution in [3.8, 4) is 11.4 Å². The second-order valence-corrected chi connectivity index (χ2v) is 7.29. The number of fused-ring (bicyclic) bond motifs is 1. The van der Waals surface area contributed by atoms with Crippen LogP contribution in [0.4, 0.5) is 0 Å². The minimum Gasteiger partial charge on any atom is -0.342 e. The quantitative estimate of drug-likeness (QED) is 0.689. The normalized spacial score (nSPS) is 24.4. The van der Waals surface area contributed by atoms with Gasteiger partial charge in [-0.15, -0.1) is 0 Å². The molecule has 1 fully saturated rings. The number of benzene rings is 1. The third kappa shape index (κ3) is 3.02. The maximum absolute atomic E-state index is 6.19. The number of hydrogen-bond acceptors (Lipinski definition) is 3. The smallest absolute Gasteiger partial charge is 0.109 e. The number of nitrogens with zero attached hydrogens (tertiary/aromatic N) is 2. The summed E-state index contributed by atoms with van der Waals surface area (Å²) in [7, 11) is 0. The fourth-order valence-electron chi connectivity index (χ4n) is 3.54. The summed E-state index contributed by atoms with van der Waals surface area (Å²) < 4.78 is 0. The second kappa shape index (κ2) is 6.36. The summed E-state index contributed by atoms with van der Waals surface area (Å²) in [5.41, 5.74) is 3.11. The van der Waals surface area contributed by atoms with Crippen molar-refractivity contribution < 1.29 is 0 Å². The van der Waals surface area contributed by atoms with Crippen LogP contribution in [0.2, 0.25) is 10.0 Å². The van der Waals surface area contributed by atoms with Gasteiger partial charge in [-0.25, -0.2) is 4.98 Å². The van der Waals surface area contributed by atoms with Crippen LogP contribution in [-0.4, -0.2) is 21.0 Å². The van der Waals surface area contributed by atoms with Gasteiger partial charge in [-0.1, -0.05) is 29.3 Å². The van der Waals surface area contributed by atoms with Crippen molar-refractivity contribution in [1.82, 2.24) is 20.3 Å². The zero-order chi connectivity index (χ0) is 16.7. The van der Waals surface area contributed by atoms with E-state index in [2.05, 4.69) is 27.2 Å². The Balaban J connectivity index is 1.62. The number of halogens is 2. The summed E-state index contributed by atoms with van der Waals surface area (Å²) in [5, 5.41) is 4.84. The van der Waals surface area contributed by atoms with Crippen LogP contribution < -0.4 is 5.32 Å². The molecule has 1 aromatic carbocycles. The van der Waals surface area contributed by atoms with E-state index in [1.54, 1.807) is 6.20 Å². The third-order valence-electron chi connectivity index (χ3n) is 4.70. The summed E-state index contributed by atoms with van der Waals surface area (Å²) in [6, 6.07) is 8.48. The van der Waals surface area contributed by atoms with Crippen LogP contribution in [0.25, 0.3) is 11.4 Å². The Morgan fingerprint density at radius 2 is 1.96 bits per heavy atom. The van der Waals surface area contributed by atoms with E-state index in [-0.39, 0.29) is 6.04 Å². The summed E-state index contributed by atoms with van der Waals surface area (Å²) in [4.78, 5) is 12.3. The SMILES string of the molecule is CC1CC(c2ncc3nccc-3[nH]2)CC(c2ccc(Cl)c(Cl)c2)N1. The van der Waals surface area contributed by atoms with Crippen LogP contribution in [-0.2, 0) is 0 Å². The molecule has 0 radical (unpaired) electrons. The highest BCUT2D eigenvalue weighted by molar-refractivity contribution is 6.42. The molecule has 1 aromatic rings. The largest absolute Gasteiger partial charge is 0.342 e. The Bertz CT molecular complexity index is 832. The number of hydrogen-bond donors (Lipinski definition) is 2. The molecule has 0 aromatic heterocycles. The molecule has 0 bridgehead atoms. The molecule has 124 valence electrons. The molecule has 3 aliphatic heterocycles. The molecule has 4 rings (SSSR count). The molecular formula is C18H18Cl2N4. The van der Waals surface area contributed by atoms with Gasteiger partial charge >= 0.3 is 0 Å². The first kappa shape index (κ1) is 15.9. The van der Waals surface area contributed by atoms with Crippen molar-refractivity contribution in [3.05, 3.63) is 58.1 Å². The lowest BCUT2D eigenvalue weighted by Crippen LogP contribution is -2.38. The lowest BCUT2D eigenvalue weighted by atomic mass is 9.85. The van der Waals surface area contributed by atoms with Crippen LogP contribution in [0.5, 0.6) is 0 Å². The molecule has 3 heterocycles. The molecule has 3 aliphatic rings. The molecule has 4 nitrogen and oxygen atoms in total. The van der Waals surface area contributed by atoms with Crippen molar-refractivity contribution in [1.29, 1.82) is 0 Å². The fraction of sp³-hybridized carbons (Fsp3) is 0.333. The van der Waals surface area contributed by atoms with Crippen LogP contribution in [0.3, 0.4) is 0 Å². The van der Waals surface area contributed by atoms with E-state index in [0.29, 0.717) is 22.0 Å². The molecule has 2 N–H and O–H groups in total. The van der Waals surface area contributed by atoms with Crippen molar-refractivity contribution in [2.24, 2.45) is 0 Å². The maximum atomic E-state index is 6.19. The second-order valence-electron chi connectivity index (χ2n) is 6.47. The van der Waals surface area contributed by atoms with Crippen LogP contribution >= 0.6 is 23.2 Å². The Morgan fingerprint density at radius 3 is 2.79 bits per heavy atom. The predicted molar refractivity (Wildman–Crippen MR) is 96.8 cm³/mol. The number of nitrogens with one attached hydrogen (secondary N) is 2. The number of H-pyrrole nitrogens is 1. The number of rotatable bonds is 2. The van der Waals surface area contributed by atoms with Crippen molar-refractivity contribution in [2.75, 3.05) is 0 Å². The van der Waals surface area contributed by atoms with Gasteiger partial charge in [0.15, 0.2) is 0 Å². The zero-order valence-corrected chi connectivity index (χ0v) is 14.8. The lowest BCUT2D eigenvalue weighted by molar-refractivity contribution is 0.299. The molecule has 1 saturated heterocycles. The van der Waals surface area contributed by atoms with Crippen LogP contribution in [0.1, 0.15) is 43.1 Å². The molecule has 0 spiro atoms. The van der Waals surface area contributed by atoms with E-state index >= 15 is 0 Å². The highest BCUT2D eigenvalue weighted by Gasteiger charge is 2.29. The van der Waals surface area contributed by atoms with Gasteiger partial charge in [0, 0.05) is 24.2 Å². The summed E-state index contributed by atoms with van der Waals surface area (Å²) >= 11 is 12.2. The first-order valence-corrected chi connectivity index (χ1v) is 8.86. The Hall–Kier alpha value is -1.62. The van der Waals surface area contributed by atoms with Crippen molar-refractivity contribution >= 4 is 23.2 Å². The van der Waals surface area contributed by atoms with Gasteiger partial charge in [0.05, 0.1) is 21.9 Å². The molecule has 0 saturated carbocycles. The molecular weight excluding hydrogens is 343 g/mol. The van der Waals surface area contributed by atoms with E-state index in [0.717, 1.165) is 35.6 Å². The first-order valence-electron chi connectivity index (χ1n) is 8.11. The standard InChI is InChI=1S/C18H18Cl2N4/c1-10-6-12(18-22-9-17-15(24-18)4-5-21-17)8-16(23-10)11-2-3-13(19)14(20)7-11/h2-5,7,9-10,12,16,23H,6,8H2,1H3,(H,22,24). The summed E-state index contributed by atoms with van der Waals surface area (Å²) in [6.07, 6.45) is 5.66. The van der Waals surface area contributed by atoms with Gasteiger partial charge in [-0.2, -0.15) is 0 Å². The summed E-state index contributed by atoms with van der Waals surface area (Å²) in [6.45, 7) is 2.21. The average molecular weight is 361 g/mol. The minimum absolute atomic E-state index is 0.234. The highest BCUT2D eigenvalue weighted by atomic mass is 35.5. The van der Waals surface area contributed by atoms with Gasteiger partial charge in [-0.05, 0) is 43.5 Å². The first-order chi connectivity index (χ1) is 11.6. The van der Waals surface area contributed by atoms with Crippen LogP contribution in [0.15, 0.2) is 36.7 Å². The van der Waals surface area contributed by atoms with Gasteiger partial charge < -0.3 is 10.3 Å². The molecule has 24 heavy (non-hydrogen) atoms. The fourth-order valence-corrected chi connectivity index (χ4v) is 3.84. The van der Waals surface area contributed by atoms with E-state index in [4.69, 9.17) is 23.2 Å². The zero-order valence-electron chi connectivity index (χ0n) is 13.3. The number of aromatic nitrogens is 3. The van der Waals surface area contributed by atoms with E-state index in [9.17, 15) is 0 Å². The van der Waals surface area contributed by atoms with Gasteiger partial charge in [0.25, 0.3) is 0 Å². The third-order valence-corrected chi connectivity index (χ3v) is 5.44. The molecule has 0 amide bonds. The Kier molecular flexibility index (Phi) is 4.21.